The van der Waals surface area contributed by atoms with Crippen molar-refractivity contribution in [3.63, 3.8) is 0 Å². The predicted octanol–water partition coefficient (Wildman–Crippen LogP) is 2.36. The van der Waals surface area contributed by atoms with Crippen molar-refractivity contribution >= 4 is 17.7 Å². The highest BCUT2D eigenvalue weighted by molar-refractivity contribution is 5.95. The van der Waals surface area contributed by atoms with Crippen molar-refractivity contribution in [3.8, 4) is 5.75 Å². The Morgan fingerprint density at radius 3 is 2.21 bits per heavy atom. The first-order chi connectivity index (χ1) is 11.3. The highest BCUT2D eigenvalue weighted by Crippen LogP contribution is 2.13. The second-order valence-electron chi connectivity index (χ2n) is 5.85. The third kappa shape index (κ3) is 6.81. The number of carbonyl (C=O) groups is 3. The summed E-state index contributed by atoms with van der Waals surface area (Å²) in [5.41, 5.74) is 0.600. The molecule has 6 nitrogen and oxygen atoms in total. The Balaban J connectivity index is 2.33. The van der Waals surface area contributed by atoms with Crippen LogP contribution >= 0.6 is 0 Å². The Labute approximate surface area is 142 Å². The second-order valence-corrected chi connectivity index (χ2v) is 5.85. The molecule has 0 heterocycles. The number of rotatable bonds is 9. The number of benzene rings is 1. The van der Waals surface area contributed by atoms with Crippen molar-refractivity contribution in [1.29, 1.82) is 0 Å². The summed E-state index contributed by atoms with van der Waals surface area (Å²) in [7, 11) is 0. The fourth-order valence-corrected chi connectivity index (χ4v) is 1.73. The predicted molar refractivity (Wildman–Crippen MR) is 90.0 cm³/mol. The number of carbonyl (C=O) groups excluding carboxylic acids is 3. The molecule has 0 spiro atoms. The summed E-state index contributed by atoms with van der Waals surface area (Å²) < 4.78 is 10.1. The van der Waals surface area contributed by atoms with Crippen molar-refractivity contribution in [1.82, 2.24) is 5.32 Å². The van der Waals surface area contributed by atoms with Crippen molar-refractivity contribution < 1.29 is 23.9 Å². The smallest absolute Gasteiger partial charge is 0.344 e. The van der Waals surface area contributed by atoms with E-state index in [0.29, 0.717) is 23.7 Å². The molecule has 0 saturated carbocycles. The Kier molecular flexibility index (Phi) is 7.95. The van der Waals surface area contributed by atoms with Crippen LogP contribution in [0.4, 0.5) is 0 Å². The molecule has 1 amide bonds. The maximum Gasteiger partial charge on any atom is 0.344 e. The Bertz CT molecular complexity index is 565. The van der Waals surface area contributed by atoms with Gasteiger partial charge in [-0.25, -0.2) is 4.79 Å². The number of ketones is 1. The highest BCUT2D eigenvalue weighted by Gasteiger charge is 2.13. The van der Waals surface area contributed by atoms with E-state index in [1.807, 2.05) is 20.8 Å². The van der Waals surface area contributed by atoms with Crippen LogP contribution in [0.1, 0.15) is 44.5 Å². The molecule has 132 valence electrons. The molecule has 0 aliphatic carbocycles. The van der Waals surface area contributed by atoms with E-state index >= 15 is 0 Å². The first kappa shape index (κ1) is 19.7. The lowest BCUT2D eigenvalue weighted by Gasteiger charge is -2.17. The lowest BCUT2D eigenvalue weighted by Crippen LogP contribution is -2.39. The van der Waals surface area contributed by atoms with Crippen molar-refractivity contribution in [2.45, 2.75) is 40.2 Å². The Morgan fingerprint density at radius 2 is 1.67 bits per heavy atom. The van der Waals surface area contributed by atoms with E-state index in [1.165, 1.54) is 0 Å². The lowest BCUT2D eigenvalue weighted by atomic mass is 10.1. The third-order valence-electron chi connectivity index (χ3n) is 3.61. The van der Waals surface area contributed by atoms with E-state index in [2.05, 4.69) is 5.32 Å². The number of nitrogens with one attached hydrogen (secondary N) is 1. The van der Waals surface area contributed by atoms with Crippen LogP contribution in [0.25, 0.3) is 0 Å². The number of esters is 1. The summed E-state index contributed by atoms with van der Waals surface area (Å²) in [6, 6.07) is 6.54. The molecule has 0 aromatic heterocycles. The summed E-state index contributed by atoms with van der Waals surface area (Å²) in [5, 5.41) is 2.74. The van der Waals surface area contributed by atoms with Crippen LogP contribution in [0, 0.1) is 5.92 Å². The van der Waals surface area contributed by atoms with Crippen LogP contribution in [-0.2, 0) is 14.3 Å². The van der Waals surface area contributed by atoms with Crippen molar-refractivity contribution in [3.05, 3.63) is 29.8 Å². The quantitative estimate of drug-likeness (QED) is 0.553. The molecule has 1 N–H and O–H groups in total. The van der Waals surface area contributed by atoms with Gasteiger partial charge in [-0.15, -0.1) is 0 Å². The van der Waals surface area contributed by atoms with E-state index in [9.17, 15) is 14.4 Å². The Morgan fingerprint density at radius 1 is 1.04 bits per heavy atom. The molecule has 1 aromatic carbocycles. The maximum absolute atomic E-state index is 11.6. The zero-order chi connectivity index (χ0) is 18.1. The molecule has 0 fully saturated rings. The highest BCUT2D eigenvalue weighted by atomic mass is 16.6. The topological polar surface area (TPSA) is 81.7 Å². The average Bonchev–Trinajstić information content (AvgIpc) is 2.57. The van der Waals surface area contributed by atoms with E-state index in [0.717, 1.165) is 0 Å². The molecule has 24 heavy (non-hydrogen) atoms. The minimum Gasteiger partial charge on any atom is -0.482 e. The van der Waals surface area contributed by atoms with Crippen LogP contribution in [-0.4, -0.2) is 36.9 Å². The minimum atomic E-state index is -0.629. The summed E-state index contributed by atoms with van der Waals surface area (Å²) in [6.07, 6.45) is 0.435. The van der Waals surface area contributed by atoms with Gasteiger partial charge in [0.05, 0.1) is 0 Å². The van der Waals surface area contributed by atoms with Gasteiger partial charge in [-0.3, -0.25) is 9.59 Å². The van der Waals surface area contributed by atoms with E-state index in [-0.39, 0.29) is 30.9 Å². The zero-order valence-corrected chi connectivity index (χ0v) is 14.6. The summed E-state index contributed by atoms with van der Waals surface area (Å²) >= 11 is 0. The lowest BCUT2D eigenvalue weighted by molar-refractivity contribution is -0.150. The summed E-state index contributed by atoms with van der Waals surface area (Å²) in [6.45, 7) is 7.03. The molecule has 1 aromatic rings. The molecule has 0 aliphatic rings. The van der Waals surface area contributed by atoms with E-state index < -0.39 is 5.97 Å². The van der Waals surface area contributed by atoms with Crippen LogP contribution in [0.3, 0.4) is 0 Å². The van der Waals surface area contributed by atoms with Crippen LogP contribution in [0.15, 0.2) is 24.3 Å². The molecule has 0 aliphatic heterocycles. The molecule has 0 saturated heterocycles. The van der Waals surface area contributed by atoms with E-state index in [4.69, 9.17) is 9.47 Å². The van der Waals surface area contributed by atoms with Gasteiger partial charge in [-0.1, -0.05) is 20.8 Å². The molecule has 1 rings (SSSR count). The second kappa shape index (κ2) is 9.70. The van der Waals surface area contributed by atoms with Crippen LogP contribution < -0.4 is 10.1 Å². The fraction of sp³-hybridized carbons (Fsp3) is 0.500. The minimum absolute atomic E-state index is 0.0109. The number of ether oxygens (including phenoxy) is 2. The van der Waals surface area contributed by atoms with Gasteiger partial charge in [-0.2, -0.15) is 0 Å². The fourth-order valence-electron chi connectivity index (χ4n) is 1.73. The van der Waals surface area contributed by atoms with Gasteiger partial charge in [0.1, 0.15) is 5.75 Å². The molecule has 0 radical (unpaired) electrons. The third-order valence-corrected chi connectivity index (χ3v) is 3.61. The summed E-state index contributed by atoms with van der Waals surface area (Å²) in [5.74, 6) is -0.168. The molecule has 0 unspecified atom stereocenters. The largest absolute Gasteiger partial charge is 0.482 e. The molecule has 6 heteroatoms. The van der Waals surface area contributed by atoms with Crippen LogP contribution in [0.2, 0.25) is 0 Å². The zero-order valence-electron chi connectivity index (χ0n) is 14.6. The van der Waals surface area contributed by atoms with Gasteiger partial charge >= 0.3 is 5.97 Å². The Hall–Kier alpha value is -2.37. The maximum atomic E-state index is 11.6. The van der Waals surface area contributed by atoms with Gasteiger partial charge in [0.25, 0.3) is 5.91 Å². The summed E-state index contributed by atoms with van der Waals surface area (Å²) in [4.78, 5) is 34.7. The van der Waals surface area contributed by atoms with E-state index in [1.54, 1.807) is 31.2 Å². The SMILES string of the molecule is CCC(=O)c1ccc(OCC(=O)OCC(=O)N[C@H](C)C(C)C)cc1. The molecular formula is C18H25NO5. The first-order valence-electron chi connectivity index (χ1n) is 8.04. The number of hydrogen-bond acceptors (Lipinski definition) is 5. The standard InChI is InChI=1S/C18H25NO5/c1-5-16(20)14-6-8-15(9-7-14)23-11-18(22)24-10-17(21)19-13(4)12(2)3/h6-9,12-13H,5,10-11H2,1-4H3,(H,19,21)/t13-/m1/s1. The number of amides is 1. The first-order valence-corrected chi connectivity index (χ1v) is 8.04. The van der Waals surface area contributed by atoms with Gasteiger partial charge in [0, 0.05) is 18.0 Å². The van der Waals surface area contributed by atoms with Crippen LogP contribution in [0.5, 0.6) is 5.75 Å². The normalized spacial score (nSPS) is 11.7. The van der Waals surface area contributed by atoms with Gasteiger partial charge < -0.3 is 14.8 Å². The number of hydrogen-bond donors (Lipinski definition) is 1. The van der Waals surface area contributed by atoms with Crippen molar-refractivity contribution in [2.75, 3.05) is 13.2 Å². The number of Topliss-reactive ketones (excluding diaryl/α,β-unsaturated/α-hetero) is 1. The molecule has 0 bridgehead atoms. The monoisotopic (exact) mass is 335 g/mol. The van der Waals surface area contributed by atoms with Gasteiger partial charge in [-0.05, 0) is 37.1 Å². The van der Waals surface area contributed by atoms with Crippen molar-refractivity contribution in [2.24, 2.45) is 5.92 Å². The average molecular weight is 335 g/mol. The molecular weight excluding hydrogens is 310 g/mol. The van der Waals surface area contributed by atoms with Gasteiger partial charge in [0.2, 0.25) is 0 Å². The molecule has 1 atom stereocenters. The van der Waals surface area contributed by atoms with Gasteiger partial charge in [0.15, 0.2) is 19.0 Å².